The van der Waals surface area contributed by atoms with Gasteiger partial charge in [0.25, 0.3) is 0 Å². The lowest BCUT2D eigenvalue weighted by Crippen LogP contribution is -2.46. The van der Waals surface area contributed by atoms with Gasteiger partial charge in [-0.25, -0.2) is 13.8 Å². The van der Waals surface area contributed by atoms with Crippen molar-refractivity contribution < 1.29 is 8.78 Å². The molecule has 1 aromatic carbocycles. The van der Waals surface area contributed by atoms with E-state index in [0.29, 0.717) is 24.5 Å². The standard InChI is InChI=1S/C26H34F2N4/c1-7-8-9-20(4)30(6)22-15-23(27)25(24(28)16-22)21(5)31-10-12-32(13-11-31)26-19(3)14-18(2)17-29-26/h7,14-17,20H,1,5,8-13H2,2-4,6H3. The molecule has 2 aromatic rings. The molecule has 3 rings (SSSR count). The Labute approximate surface area is 190 Å². The quantitative estimate of drug-likeness (QED) is 0.501. The molecule has 1 saturated heterocycles. The third-order valence-corrected chi connectivity index (χ3v) is 6.32. The third-order valence-electron chi connectivity index (χ3n) is 6.32. The van der Waals surface area contributed by atoms with Gasteiger partial charge in [0.1, 0.15) is 17.5 Å². The maximum Gasteiger partial charge on any atom is 0.137 e. The minimum Gasteiger partial charge on any atom is -0.372 e. The van der Waals surface area contributed by atoms with Gasteiger partial charge < -0.3 is 14.7 Å². The van der Waals surface area contributed by atoms with E-state index in [0.717, 1.165) is 42.9 Å². The second-order valence-electron chi connectivity index (χ2n) is 8.68. The van der Waals surface area contributed by atoms with E-state index in [1.165, 1.54) is 12.1 Å². The average molecular weight is 441 g/mol. The molecular formula is C26H34F2N4. The van der Waals surface area contributed by atoms with Crippen molar-refractivity contribution in [2.45, 2.75) is 39.7 Å². The number of allylic oxidation sites excluding steroid dienone is 1. The summed E-state index contributed by atoms with van der Waals surface area (Å²) in [6.07, 6.45) is 5.45. The zero-order chi connectivity index (χ0) is 23.4. The van der Waals surface area contributed by atoms with Gasteiger partial charge in [-0.15, -0.1) is 6.58 Å². The van der Waals surface area contributed by atoms with Crippen LogP contribution >= 0.6 is 0 Å². The number of aryl methyl sites for hydroxylation is 2. The molecule has 32 heavy (non-hydrogen) atoms. The summed E-state index contributed by atoms with van der Waals surface area (Å²) in [7, 11) is 1.86. The van der Waals surface area contributed by atoms with Crippen LogP contribution in [0.4, 0.5) is 20.3 Å². The highest BCUT2D eigenvalue weighted by Crippen LogP contribution is 2.30. The van der Waals surface area contributed by atoms with E-state index in [9.17, 15) is 0 Å². The number of benzene rings is 1. The Kier molecular flexibility index (Phi) is 7.54. The van der Waals surface area contributed by atoms with Gasteiger partial charge in [-0.1, -0.05) is 18.7 Å². The first kappa shape index (κ1) is 23.8. The summed E-state index contributed by atoms with van der Waals surface area (Å²) in [4.78, 5) is 10.6. The van der Waals surface area contributed by atoms with Gasteiger partial charge in [0, 0.05) is 56.8 Å². The van der Waals surface area contributed by atoms with Crippen LogP contribution in [-0.4, -0.2) is 49.2 Å². The van der Waals surface area contributed by atoms with Crippen LogP contribution in [0.5, 0.6) is 0 Å². The average Bonchev–Trinajstić information content (AvgIpc) is 2.76. The maximum absolute atomic E-state index is 15.0. The molecular weight excluding hydrogens is 406 g/mol. The van der Waals surface area contributed by atoms with Gasteiger partial charge in [-0.2, -0.15) is 0 Å². The molecule has 0 N–H and O–H groups in total. The number of anilines is 2. The molecule has 4 nitrogen and oxygen atoms in total. The number of aromatic nitrogens is 1. The number of nitrogens with zero attached hydrogens (tertiary/aromatic N) is 4. The lowest BCUT2D eigenvalue weighted by molar-refractivity contribution is 0.363. The van der Waals surface area contributed by atoms with Crippen LogP contribution in [0.2, 0.25) is 0 Å². The normalized spacial score (nSPS) is 14.9. The van der Waals surface area contributed by atoms with Crippen LogP contribution in [0, 0.1) is 25.5 Å². The number of hydrogen-bond acceptors (Lipinski definition) is 4. The second kappa shape index (κ2) is 10.2. The minimum absolute atomic E-state index is 0.0426. The molecule has 0 amide bonds. The first-order valence-electron chi connectivity index (χ1n) is 11.2. The van der Waals surface area contributed by atoms with E-state index < -0.39 is 11.6 Å². The molecule has 0 spiro atoms. The minimum atomic E-state index is -0.578. The van der Waals surface area contributed by atoms with Crippen molar-refractivity contribution in [1.82, 2.24) is 9.88 Å². The van der Waals surface area contributed by atoms with Gasteiger partial charge in [0.15, 0.2) is 0 Å². The van der Waals surface area contributed by atoms with E-state index in [4.69, 9.17) is 0 Å². The first-order valence-corrected chi connectivity index (χ1v) is 11.2. The first-order chi connectivity index (χ1) is 15.2. The molecule has 1 unspecified atom stereocenters. The summed E-state index contributed by atoms with van der Waals surface area (Å²) in [6, 6.07) is 5.08. The molecule has 1 aliphatic rings. The highest BCUT2D eigenvalue weighted by atomic mass is 19.1. The molecule has 2 heterocycles. The van der Waals surface area contributed by atoms with E-state index in [-0.39, 0.29) is 11.6 Å². The smallest absolute Gasteiger partial charge is 0.137 e. The fourth-order valence-electron chi connectivity index (χ4n) is 4.23. The van der Waals surface area contributed by atoms with E-state index in [1.807, 2.05) is 43.0 Å². The highest BCUT2D eigenvalue weighted by Gasteiger charge is 2.25. The van der Waals surface area contributed by atoms with Crippen molar-refractivity contribution in [1.29, 1.82) is 0 Å². The maximum atomic E-state index is 15.0. The van der Waals surface area contributed by atoms with Gasteiger partial charge >= 0.3 is 0 Å². The molecule has 172 valence electrons. The lowest BCUT2D eigenvalue weighted by Gasteiger charge is -2.38. The molecule has 1 aromatic heterocycles. The summed E-state index contributed by atoms with van der Waals surface area (Å²) in [5.41, 5.74) is 3.14. The third kappa shape index (κ3) is 5.12. The fraction of sp³-hybridized carbons (Fsp3) is 0.423. The van der Waals surface area contributed by atoms with Gasteiger partial charge in [0.2, 0.25) is 0 Å². The van der Waals surface area contributed by atoms with Gasteiger partial charge in [-0.05, 0) is 56.9 Å². The van der Waals surface area contributed by atoms with Crippen LogP contribution in [0.3, 0.4) is 0 Å². The van der Waals surface area contributed by atoms with Crippen LogP contribution in [0.15, 0.2) is 43.6 Å². The Hall–Kier alpha value is -2.89. The summed E-state index contributed by atoms with van der Waals surface area (Å²) in [5.74, 6) is -0.186. The zero-order valence-electron chi connectivity index (χ0n) is 19.7. The summed E-state index contributed by atoms with van der Waals surface area (Å²) in [6.45, 7) is 16.6. The second-order valence-corrected chi connectivity index (χ2v) is 8.68. The van der Waals surface area contributed by atoms with Crippen molar-refractivity contribution in [2.75, 3.05) is 43.0 Å². The SMILES string of the molecule is C=CCCC(C)N(C)c1cc(F)c(C(=C)N2CCN(c3ncc(C)cc3C)CC2)c(F)c1. The van der Waals surface area contributed by atoms with Gasteiger partial charge in [-0.3, -0.25) is 0 Å². The molecule has 0 bridgehead atoms. The molecule has 1 fully saturated rings. The molecule has 1 aliphatic heterocycles. The topological polar surface area (TPSA) is 22.6 Å². The Morgan fingerprint density at radius 3 is 2.34 bits per heavy atom. The van der Waals surface area contributed by atoms with Crippen LogP contribution in [-0.2, 0) is 0 Å². The number of pyridine rings is 1. The summed E-state index contributed by atoms with van der Waals surface area (Å²) < 4.78 is 30.1. The number of rotatable bonds is 8. The molecule has 6 heteroatoms. The molecule has 0 radical (unpaired) electrons. The Bertz CT molecular complexity index is 957. The number of piperazine rings is 1. The lowest BCUT2D eigenvalue weighted by atomic mass is 10.1. The highest BCUT2D eigenvalue weighted by molar-refractivity contribution is 5.66. The Morgan fingerprint density at radius 2 is 1.78 bits per heavy atom. The zero-order valence-corrected chi connectivity index (χ0v) is 19.7. The van der Waals surface area contributed by atoms with Crippen LogP contribution in [0.1, 0.15) is 36.5 Å². The number of hydrogen-bond donors (Lipinski definition) is 0. The van der Waals surface area contributed by atoms with Crippen LogP contribution < -0.4 is 9.80 Å². The summed E-state index contributed by atoms with van der Waals surface area (Å²) >= 11 is 0. The molecule has 0 saturated carbocycles. The van der Waals surface area contributed by atoms with Crippen molar-refractivity contribution in [3.63, 3.8) is 0 Å². The Balaban J connectivity index is 1.71. The number of halogens is 2. The monoisotopic (exact) mass is 440 g/mol. The van der Waals surface area contributed by atoms with E-state index in [2.05, 4.69) is 36.0 Å². The van der Waals surface area contributed by atoms with Crippen molar-refractivity contribution in [3.8, 4) is 0 Å². The fourth-order valence-corrected chi connectivity index (χ4v) is 4.23. The predicted molar refractivity (Wildman–Crippen MR) is 130 cm³/mol. The predicted octanol–water partition coefficient (Wildman–Crippen LogP) is 5.56. The van der Waals surface area contributed by atoms with Crippen molar-refractivity contribution in [3.05, 3.63) is 72.0 Å². The largest absolute Gasteiger partial charge is 0.372 e. The molecule has 0 aliphatic carbocycles. The van der Waals surface area contributed by atoms with Gasteiger partial charge in [0.05, 0.1) is 5.56 Å². The Morgan fingerprint density at radius 1 is 1.16 bits per heavy atom. The van der Waals surface area contributed by atoms with Crippen LogP contribution in [0.25, 0.3) is 5.70 Å². The molecule has 1 atom stereocenters. The van der Waals surface area contributed by atoms with E-state index >= 15 is 8.78 Å². The summed E-state index contributed by atoms with van der Waals surface area (Å²) in [5, 5.41) is 0. The van der Waals surface area contributed by atoms with Crippen molar-refractivity contribution in [2.24, 2.45) is 0 Å². The van der Waals surface area contributed by atoms with E-state index in [1.54, 1.807) is 0 Å². The van der Waals surface area contributed by atoms with Crippen molar-refractivity contribution >= 4 is 17.2 Å².